The summed E-state index contributed by atoms with van der Waals surface area (Å²) in [5.74, 6) is -0.518. The highest BCUT2D eigenvalue weighted by Gasteiger charge is 2.24. The standard InChI is InChI=1S/C19H16FNO4.C6H4/c1-3-14-9-10-21(12-13-5-7-15(20)8-6-13)18(14)16(22)11-17(23)19(24)25-4-2;1-2-6-4-3-5(1)6/h1,5-10H,4,11-12H2,2H3;1-4H. The van der Waals surface area contributed by atoms with E-state index in [0.29, 0.717) is 5.56 Å². The quantitative estimate of drug-likeness (QED) is 0.150. The molecule has 0 bridgehead atoms. The van der Waals surface area contributed by atoms with E-state index in [1.165, 1.54) is 23.3 Å². The maximum atomic E-state index is 13.0. The normalized spacial score (nSPS) is 10.4. The SMILES string of the molecule is C#Cc1ccn(Cc2ccc(F)cc2)c1C(=O)CC(=O)C(=O)OCC.c1cc2ccc1-2. The van der Waals surface area contributed by atoms with Crippen molar-refractivity contribution in [3.05, 3.63) is 83.4 Å². The van der Waals surface area contributed by atoms with E-state index in [-0.39, 0.29) is 24.7 Å². The molecule has 0 atom stereocenters. The molecule has 2 aromatic rings. The zero-order valence-corrected chi connectivity index (χ0v) is 16.9. The Kier molecular flexibility index (Phi) is 6.78. The van der Waals surface area contributed by atoms with E-state index in [1.54, 1.807) is 35.9 Å². The highest BCUT2D eigenvalue weighted by molar-refractivity contribution is 6.38. The summed E-state index contributed by atoms with van der Waals surface area (Å²) in [6.07, 6.45) is 6.40. The topological polar surface area (TPSA) is 65.4 Å². The minimum atomic E-state index is -1.05. The fourth-order valence-corrected chi connectivity index (χ4v) is 2.99. The molecule has 31 heavy (non-hydrogen) atoms. The number of nitrogens with zero attached hydrogens (tertiary/aromatic N) is 1. The summed E-state index contributed by atoms with van der Waals surface area (Å²) >= 11 is 0. The first-order chi connectivity index (χ1) is 14.9. The first-order valence-electron chi connectivity index (χ1n) is 9.66. The molecule has 0 saturated heterocycles. The third-order valence-corrected chi connectivity index (χ3v) is 4.69. The zero-order valence-electron chi connectivity index (χ0n) is 16.9. The second kappa shape index (κ2) is 9.68. The van der Waals surface area contributed by atoms with Crippen molar-refractivity contribution in [2.75, 3.05) is 6.61 Å². The van der Waals surface area contributed by atoms with Gasteiger partial charge in [-0.2, -0.15) is 0 Å². The molecule has 2 aliphatic carbocycles. The summed E-state index contributed by atoms with van der Waals surface area (Å²) in [6.45, 7) is 1.89. The first-order valence-corrected chi connectivity index (χ1v) is 9.66. The fraction of sp³-hybridized carbons (Fsp3) is 0.160. The Morgan fingerprint density at radius 1 is 1.00 bits per heavy atom. The van der Waals surface area contributed by atoms with Crippen LogP contribution in [0.1, 0.15) is 35.0 Å². The zero-order chi connectivity index (χ0) is 22.4. The first kappa shape index (κ1) is 21.7. The number of halogens is 1. The van der Waals surface area contributed by atoms with E-state index in [1.807, 2.05) is 0 Å². The van der Waals surface area contributed by atoms with Gasteiger partial charge in [-0.05, 0) is 41.8 Å². The van der Waals surface area contributed by atoms with Gasteiger partial charge in [0.1, 0.15) is 11.5 Å². The van der Waals surface area contributed by atoms with E-state index < -0.39 is 24.0 Å². The fourth-order valence-electron chi connectivity index (χ4n) is 2.99. The van der Waals surface area contributed by atoms with Crippen LogP contribution < -0.4 is 0 Å². The summed E-state index contributed by atoms with van der Waals surface area (Å²) in [6, 6.07) is 15.9. The number of carbonyl (C=O) groups excluding carboxylic acids is 3. The van der Waals surface area contributed by atoms with Crippen LogP contribution in [-0.2, 0) is 20.9 Å². The van der Waals surface area contributed by atoms with Crippen LogP contribution in [0, 0.1) is 18.2 Å². The molecule has 5 nitrogen and oxygen atoms in total. The van der Waals surface area contributed by atoms with Crippen molar-refractivity contribution in [1.82, 2.24) is 4.57 Å². The monoisotopic (exact) mass is 417 g/mol. The lowest BCUT2D eigenvalue weighted by molar-refractivity contribution is -0.153. The van der Waals surface area contributed by atoms with Crippen molar-refractivity contribution < 1.29 is 23.5 Å². The maximum absolute atomic E-state index is 13.0. The van der Waals surface area contributed by atoms with Gasteiger partial charge in [0.15, 0.2) is 5.78 Å². The van der Waals surface area contributed by atoms with Crippen LogP contribution in [0.15, 0.2) is 60.8 Å². The van der Waals surface area contributed by atoms with Gasteiger partial charge >= 0.3 is 5.97 Å². The van der Waals surface area contributed by atoms with E-state index in [0.717, 1.165) is 5.56 Å². The number of Topliss-reactive ketones (excluding diaryl/α,β-unsaturated/α-hetero) is 2. The molecule has 2 aliphatic rings. The highest BCUT2D eigenvalue weighted by Crippen LogP contribution is 2.29. The van der Waals surface area contributed by atoms with Crippen LogP contribution in [0.4, 0.5) is 4.39 Å². The van der Waals surface area contributed by atoms with Crippen molar-refractivity contribution in [2.45, 2.75) is 19.9 Å². The Labute approximate surface area is 179 Å². The number of rotatable bonds is 7. The van der Waals surface area contributed by atoms with Gasteiger partial charge < -0.3 is 9.30 Å². The molecule has 0 amide bonds. The Hall–Kier alpha value is -3.98. The number of benzene rings is 2. The maximum Gasteiger partial charge on any atom is 0.375 e. The van der Waals surface area contributed by atoms with Crippen molar-refractivity contribution in [3.8, 4) is 23.5 Å². The molecule has 0 aliphatic heterocycles. The predicted molar refractivity (Wildman–Crippen MR) is 114 cm³/mol. The minimum Gasteiger partial charge on any atom is -0.460 e. The smallest absolute Gasteiger partial charge is 0.375 e. The predicted octanol–water partition coefficient (Wildman–Crippen LogP) is 4.03. The Morgan fingerprint density at radius 2 is 1.61 bits per heavy atom. The average Bonchev–Trinajstić information content (AvgIpc) is 3.15. The molecule has 1 aromatic carbocycles. The molecule has 0 N–H and O–H groups in total. The summed E-state index contributed by atoms with van der Waals surface area (Å²) in [5, 5.41) is 0. The second-order valence-corrected chi connectivity index (χ2v) is 6.80. The number of terminal acetylenes is 1. The Bertz CT molecular complexity index is 1130. The van der Waals surface area contributed by atoms with Crippen LogP contribution in [-0.4, -0.2) is 28.7 Å². The number of hydrogen-bond donors (Lipinski definition) is 0. The van der Waals surface area contributed by atoms with Crippen LogP contribution in [0.3, 0.4) is 0 Å². The van der Waals surface area contributed by atoms with Gasteiger partial charge in [0, 0.05) is 12.7 Å². The lowest BCUT2D eigenvalue weighted by Crippen LogP contribution is -2.22. The van der Waals surface area contributed by atoms with Gasteiger partial charge in [-0.3, -0.25) is 9.59 Å². The molecule has 0 radical (unpaired) electrons. The van der Waals surface area contributed by atoms with E-state index in [9.17, 15) is 18.8 Å². The molecule has 1 heterocycles. The van der Waals surface area contributed by atoms with Crippen LogP contribution >= 0.6 is 0 Å². The number of ketones is 2. The molecule has 156 valence electrons. The van der Waals surface area contributed by atoms with Crippen LogP contribution in [0.2, 0.25) is 0 Å². The summed E-state index contributed by atoms with van der Waals surface area (Å²) in [5.41, 5.74) is 4.09. The highest BCUT2D eigenvalue weighted by atomic mass is 19.1. The van der Waals surface area contributed by atoms with Gasteiger partial charge in [-0.25, -0.2) is 9.18 Å². The van der Waals surface area contributed by atoms with Gasteiger partial charge in [0.2, 0.25) is 5.78 Å². The Balaban J connectivity index is 0.000000381. The molecule has 6 heteroatoms. The number of carbonyl (C=O) groups is 3. The van der Waals surface area contributed by atoms with E-state index in [2.05, 4.69) is 34.9 Å². The van der Waals surface area contributed by atoms with E-state index >= 15 is 0 Å². The van der Waals surface area contributed by atoms with Crippen molar-refractivity contribution >= 4 is 17.5 Å². The second-order valence-electron chi connectivity index (χ2n) is 6.80. The van der Waals surface area contributed by atoms with E-state index in [4.69, 9.17) is 6.42 Å². The van der Waals surface area contributed by atoms with Gasteiger partial charge in [0.05, 0.1) is 18.6 Å². The molecule has 0 fully saturated rings. The number of aromatic nitrogens is 1. The number of fused-ring (bicyclic) bond motifs is 1. The minimum absolute atomic E-state index is 0.0509. The molecular weight excluding hydrogens is 397 g/mol. The number of ether oxygens (including phenoxy) is 1. The van der Waals surface area contributed by atoms with Crippen molar-refractivity contribution in [2.24, 2.45) is 0 Å². The number of esters is 1. The van der Waals surface area contributed by atoms with Crippen molar-refractivity contribution in [1.29, 1.82) is 0 Å². The largest absolute Gasteiger partial charge is 0.460 e. The summed E-state index contributed by atoms with van der Waals surface area (Å²) < 4.78 is 19.2. The van der Waals surface area contributed by atoms with Gasteiger partial charge in [-0.1, -0.05) is 42.3 Å². The molecule has 4 rings (SSSR count). The summed E-state index contributed by atoms with van der Waals surface area (Å²) in [4.78, 5) is 35.6. The average molecular weight is 417 g/mol. The van der Waals surface area contributed by atoms with Crippen LogP contribution in [0.5, 0.6) is 0 Å². The number of hydrogen-bond acceptors (Lipinski definition) is 4. The lowest BCUT2D eigenvalue weighted by atomic mass is 9.95. The van der Waals surface area contributed by atoms with Crippen molar-refractivity contribution in [3.63, 3.8) is 0 Å². The molecule has 1 aromatic heterocycles. The summed E-state index contributed by atoms with van der Waals surface area (Å²) in [7, 11) is 0. The lowest BCUT2D eigenvalue weighted by Gasteiger charge is -2.10. The van der Waals surface area contributed by atoms with Gasteiger partial charge in [-0.15, -0.1) is 6.42 Å². The molecule has 0 unspecified atom stereocenters. The van der Waals surface area contributed by atoms with Gasteiger partial charge in [0.25, 0.3) is 0 Å². The van der Waals surface area contributed by atoms with Crippen LogP contribution in [0.25, 0.3) is 11.1 Å². The molecular formula is C25H20FNO4. The molecule has 0 spiro atoms. The molecule has 0 saturated carbocycles. The third kappa shape index (κ3) is 5.14. The third-order valence-electron chi connectivity index (χ3n) is 4.69. The Morgan fingerprint density at radius 3 is 2.10 bits per heavy atom.